The molecule has 0 N–H and O–H groups in total. The smallest absolute Gasteiger partial charge is 0.185 e. The molecule has 0 radical (unpaired) electrons. The third-order valence-electron chi connectivity index (χ3n) is 3.25. The molecule has 0 bridgehead atoms. The quantitative estimate of drug-likeness (QED) is 0.841. The van der Waals surface area contributed by atoms with Gasteiger partial charge in [-0.25, -0.2) is 8.42 Å². The highest BCUT2D eigenvalue weighted by Crippen LogP contribution is 2.31. The largest absolute Gasteiger partial charge is 0.495 e. The minimum absolute atomic E-state index is 0.0322. The Labute approximate surface area is 107 Å². The Bertz CT molecular complexity index is 548. The highest BCUT2D eigenvalue weighted by Gasteiger charge is 2.33. The van der Waals surface area contributed by atoms with E-state index in [1.54, 1.807) is 18.2 Å². The van der Waals surface area contributed by atoms with E-state index in [0.29, 0.717) is 25.0 Å². The normalized spacial score (nSPS) is 20.7. The summed E-state index contributed by atoms with van der Waals surface area (Å²) in [6.07, 6.45) is 1.82. The predicted molar refractivity (Wildman–Crippen MR) is 67.4 cm³/mol. The molecule has 0 aromatic heterocycles. The molecule has 0 amide bonds. The van der Waals surface area contributed by atoms with Gasteiger partial charge < -0.3 is 4.74 Å². The lowest BCUT2D eigenvalue weighted by Gasteiger charge is -2.21. The molecule has 1 aromatic carbocycles. The average Bonchev–Trinajstić information content (AvgIpc) is 2.38. The van der Waals surface area contributed by atoms with Gasteiger partial charge in [-0.3, -0.25) is 4.79 Å². The van der Waals surface area contributed by atoms with E-state index in [1.807, 2.05) is 0 Å². The van der Waals surface area contributed by atoms with Gasteiger partial charge in [0, 0.05) is 12.8 Å². The molecule has 1 atom stereocenters. The van der Waals surface area contributed by atoms with Crippen molar-refractivity contribution < 1.29 is 17.9 Å². The molecule has 1 unspecified atom stereocenters. The van der Waals surface area contributed by atoms with E-state index < -0.39 is 15.1 Å². The van der Waals surface area contributed by atoms with Crippen molar-refractivity contribution in [2.45, 2.75) is 35.8 Å². The fourth-order valence-corrected chi connectivity index (χ4v) is 4.22. The van der Waals surface area contributed by atoms with E-state index in [1.165, 1.54) is 13.2 Å². The molecule has 1 saturated carbocycles. The van der Waals surface area contributed by atoms with Crippen molar-refractivity contribution in [3.8, 4) is 5.75 Å². The van der Waals surface area contributed by atoms with Crippen molar-refractivity contribution in [2.75, 3.05) is 7.11 Å². The van der Waals surface area contributed by atoms with Crippen molar-refractivity contribution in [1.29, 1.82) is 0 Å². The van der Waals surface area contributed by atoms with Crippen molar-refractivity contribution in [1.82, 2.24) is 0 Å². The highest BCUT2D eigenvalue weighted by atomic mass is 32.2. The molecule has 1 aliphatic carbocycles. The molecule has 1 aliphatic rings. The number of para-hydroxylation sites is 1. The first-order valence-corrected chi connectivity index (χ1v) is 7.49. The van der Waals surface area contributed by atoms with E-state index in [0.717, 1.165) is 0 Å². The van der Waals surface area contributed by atoms with Crippen LogP contribution in [0.25, 0.3) is 0 Å². The summed E-state index contributed by atoms with van der Waals surface area (Å²) in [4.78, 5) is 11.6. The van der Waals surface area contributed by atoms with Crippen LogP contribution < -0.4 is 4.74 Å². The number of carbonyl (C=O) groups is 1. The zero-order chi connectivity index (χ0) is 13.2. The van der Waals surface area contributed by atoms with Gasteiger partial charge in [0.05, 0.1) is 12.4 Å². The number of benzene rings is 1. The van der Waals surface area contributed by atoms with Gasteiger partial charge >= 0.3 is 0 Å². The Morgan fingerprint density at radius 1 is 1.28 bits per heavy atom. The standard InChI is InChI=1S/C13H16O4S/c1-17-12-7-2-3-8-13(12)18(15,16)11-6-4-5-10(14)9-11/h2-3,7-8,11H,4-6,9H2,1H3. The molecular weight excluding hydrogens is 252 g/mol. The Morgan fingerprint density at radius 3 is 2.67 bits per heavy atom. The first kappa shape index (κ1) is 13.1. The first-order chi connectivity index (χ1) is 8.55. The molecule has 18 heavy (non-hydrogen) atoms. The van der Waals surface area contributed by atoms with Gasteiger partial charge in [-0.15, -0.1) is 0 Å². The lowest BCUT2D eigenvalue weighted by atomic mass is 9.99. The van der Waals surface area contributed by atoms with Crippen LogP contribution >= 0.6 is 0 Å². The summed E-state index contributed by atoms with van der Waals surface area (Å²) in [5.41, 5.74) is 0. The molecule has 1 aromatic rings. The van der Waals surface area contributed by atoms with Gasteiger partial charge in [0.2, 0.25) is 0 Å². The average molecular weight is 268 g/mol. The summed E-state index contributed by atoms with van der Waals surface area (Å²) in [5.74, 6) is 0.375. The third kappa shape index (κ3) is 2.41. The van der Waals surface area contributed by atoms with Crippen LogP contribution in [0.2, 0.25) is 0 Å². The van der Waals surface area contributed by atoms with E-state index in [-0.39, 0.29) is 17.1 Å². The third-order valence-corrected chi connectivity index (χ3v) is 5.48. The van der Waals surface area contributed by atoms with Gasteiger partial charge in [-0.1, -0.05) is 12.1 Å². The highest BCUT2D eigenvalue weighted by molar-refractivity contribution is 7.92. The number of carbonyl (C=O) groups excluding carboxylic acids is 1. The van der Waals surface area contributed by atoms with Gasteiger partial charge in [-0.05, 0) is 25.0 Å². The van der Waals surface area contributed by atoms with E-state index in [2.05, 4.69) is 0 Å². The molecule has 5 heteroatoms. The lowest BCUT2D eigenvalue weighted by molar-refractivity contribution is -0.120. The van der Waals surface area contributed by atoms with Crippen molar-refractivity contribution in [3.63, 3.8) is 0 Å². The molecule has 98 valence electrons. The van der Waals surface area contributed by atoms with Crippen LogP contribution in [0.5, 0.6) is 5.75 Å². The number of hydrogen-bond acceptors (Lipinski definition) is 4. The number of methoxy groups -OCH3 is 1. The molecule has 0 saturated heterocycles. The summed E-state index contributed by atoms with van der Waals surface area (Å²) >= 11 is 0. The molecule has 4 nitrogen and oxygen atoms in total. The summed E-state index contributed by atoms with van der Waals surface area (Å²) < 4.78 is 30.0. The molecule has 0 heterocycles. The van der Waals surface area contributed by atoms with Crippen LogP contribution in [-0.4, -0.2) is 26.6 Å². The maximum absolute atomic E-state index is 12.5. The fraction of sp³-hybridized carbons (Fsp3) is 0.462. The van der Waals surface area contributed by atoms with E-state index >= 15 is 0 Å². The van der Waals surface area contributed by atoms with Crippen LogP contribution in [0, 0.1) is 0 Å². The Morgan fingerprint density at radius 2 is 2.00 bits per heavy atom. The van der Waals surface area contributed by atoms with Crippen LogP contribution in [-0.2, 0) is 14.6 Å². The van der Waals surface area contributed by atoms with E-state index in [4.69, 9.17) is 4.74 Å². The fourth-order valence-electron chi connectivity index (χ4n) is 2.28. The van der Waals surface area contributed by atoms with Crippen LogP contribution in [0.4, 0.5) is 0 Å². The Kier molecular flexibility index (Phi) is 3.71. The second-order valence-electron chi connectivity index (χ2n) is 4.45. The van der Waals surface area contributed by atoms with Crippen molar-refractivity contribution in [2.24, 2.45) is 0 Å². The minimum Gasteiger partial charge on any atom is -0.495 e. The first-order valence-electron chi connectivity index (χ1n) is 5.94. The number of hydrogen-bond donors (Lipinski definition) is 0. The maximum Gasteiger partial charge on any atom is 0.185 e. The Balaban J connectivity index is 2.38. The van der Waals surface area contributed by atoms with Crippen molar-refractivity contribution >= 4 is 15.6 Å². The topological polar surface area (TPSA) is 60.4 Å². The van der Waals surface area contributed by atoms with E-state index in [9.17, 15) is 13.2 Å². The van der Waals surface area contributed by atoms with Gasteiger partial charge in [-0.2, -0.15) is 0 Å². The van der Waals surface area contributed by atoms with Crippen LogP contribution in [0.3, 0.4) is 0 Å². The number of sulfone groups is 1. The summed E-state index contributed by atoms with van der Waals surface area (Å²) in [6.45, 7) is 0. The van der Waals surface area contributed by atoms with Crippen molar-refractivity contribution in [3.05, 3.63) is 24.3 Å². The predicted octanol–water partition coefficient (Wildman–Crippen LogP) is 1.98. The zero-order valence-electron chi connectivity index (χ0n) is 10.3. The molecule has 2 rings (SSSR count). The molecule has 0 spiro atoms. The second-order valence-corrected chi connectivity index (χ2v) is 6.65. The monoisotopic (exact) mass is 268 g/mol. The zero-order valence-corrected chi connectivity index (χ0v) is 11.1. The van der Waals surface area contributed by atoms with Crippen LogP contribution in [0.15, 0.2) is 29.2 Å². The number of rotatable bonds is 3. The number of ketones is 1. The molecule has 0 aliphatic heterocycles. The maximum atomic E-state index is 12.5. The summed E-state index contributed by atoms with van der Waals surface area (Å²) in [7, 11) is -2.04. The van der Waals surface area contributed by atoms with Gasteiger partial charge in [0.25, 0.3) is 0 Å². The van der Waals surface area contributed by atoms with Gasteiger partial charge in [0.1, 0.15) is 16.4 Å². The summed E-state index contributed by atoms with van der Waals surface area (Å²) in [5, 5.41) is -0.602. The SMILES string of the molecule is COc1ccccc1S(=O)(=O)C1CCCC(=O)C1. The molecular formula is C13H16O4S. The number of Topliss-reactive ketones (excluding diaryl/α,β-unsaturated/α-hetero) is 1. The lowest BCUT2D eigenvalue weighted by Crippen LogP contribution is -2.28. The Hall–Kier alpha value is -1.36. The van der Waals surface area contributed by atoms with Crippen LogP contribution in [0.1, 0.15) is 25.7 Å². The number of ether oxygens (including phenoxy) is 1. The second kappa shape index (κ2) is 5.10. The minimum atomic E-state index is -3.48. The van der Waals surface area contributed by atoms with Gasteiger partial charge in [0.15, 0.2) is 9.84 Å². The summed E-state index contributed by atoms with van der Waals surface area (Å²) in [6, 6.07) is 6.55. The molecule has 1 fully saturated rings.